The van der Waals surface area contributed by atoms with Crippen LogP contribution in [0.2, 0.25) is 0 Å². The van der Waals surface area contributed by atoms with Gasteiger partial charge in [-0.2, -0.15) is 4.98 Å². The summed E-state index contributed by atoms with van der Waals surface area (Å²) in [5, 5.41) is 9.66. The van der Waals surface area contributed by atoms with Crippen LogP contribution in [0.1, 0.15) is 5.56 Å². The van der Waals surface area contributed by atoms with Gasteiger partial charge in [0.1, 0.15) is 0 Å². The third-order valence-corrected chi connectivity index (χ3v) is 4.09. The Labute approximate surface area is 127 Å². The second-order valence-corrected chi connectivity index (χ2v) is 5.68. The van der Waals surface area contributed by atoms with E-state index in [1.807, 2.05) is 24.3 Å². The predicted molar refractivity (Wildman–Crippen MR) is 85.8 cm³/mol. The number of aryl methyl sites for hydroxylation is 1. The number of nitrogens with two attached hydrogens (primary N) is 1. The molecule has 0 saturated carbocycles. The van der Waals surface area contributed by atoms with Gasteiger partial charge < -0.3 is 11.1 Å². The van der Waals surface area contributed by atoms with Crippen LogP contribution in [0.15, 0.2) is 58.3 Å². The van der Waals surface area contributed by atoms with Crippen molar-refractivity contribution in [2.24, 2.45) is 0 Å². The van der Waals surface area contributed by atoms with E-state index < -0.39 is 0 Å². The predicted octanol–water partition coefficient (Wildman–Crippen LogP) is 3.59. The number of nitrogen functional groups attached to an aromatic ring is 1. The zero-order valence-corrected chi connectivity index (χ0v) is 12.3. The first-order chi connectivity index (χ1) is 10.2. The van der Waals surface area contributed by atoms with Gasteiger partial charge in [0.05, 0.1) is 0 Å². The van der Waals surface area contributed by atoms with Crippen molar-refractivity contribution in [1.82, 2.24) is 15.2 Å². The number of H-pyrrole nitrogens is 1. The van der Waals surface area contributed by atoms with E-state index in [0.717, 1.165) is 5.69 Å². The summed E-state index contributed by atoms with van der Waals surface area (Å²) < 4.78 is 0. The Morgan fingerprint density at radius 2 is 1.95 bits per heavy atom. The number of aromatic amines is 1. The van der Waals surface area contributed by atoms with Crippen molar-refractivity contribution in [2.75, 3.05) is 11.1 Å². The highest BCUT2D eigenvalue weighted by molar-refractivity contribution is 7.99. The van der Waals surface area contributed by atoms with Crippen LogP contribution in [0.4, 0.5) is 17.6 Å². The lowest BCUT2D eigenvalue weighted by Gasteiger charge is -2.08. The van der Waals surface area contributed by atoms with Crippen LogP contribution in [0.5, 0.6) is 0 Å². The summed E-state index contributed by atoms with van der Waals surface area (Å²) in [7, 11) is 0. The molecule has 4 N–H and O–H groups in total. The maximum absolute atomic E-state index is 5.50. The van der Waals surface area contributed by atoms with Crippen LogP contribution >= 0.6 is 11.8 Å². The summed E-state index contributed by atoms with van der Waals surface area (Å²) in [6.07, 6.45) is 0. The first-order valence-corrected chi connectivity index (χ1v) is 7.31. The summed E-state index contributed by atoms with van der Waals surface area (Å²) in [6.45, 7) is 2.09. The number of nitrogens with one attached hydrogen (secondary N) is 2. The molecular formula is C15H15N5S. The van der Waals surface area contributed by atoms with Gasteiger partial charge in [-0.3, -0.25) is 0 Å². The van der Waals surface area contributed by atoms with Crippen LogP contribution in [0.3, 0.4) is 0 Å². The van der Waals surface area contributed by atoms with Gasteiger partial charge in [-0.15, -0.1) is 5.10 Å². The molecule has 1 aromatic heterocycles. The quantitative estimate of drug-likeness (QED) is 0.686. The van der Waals surface area contributed by atoms with Gasteiger partial charge in [0.25, 0.3) is 0 Å². The van der Waals surface area contributed by atoms with Crippen LogP contribution in [0.25, 0.3) is 0 Å². The number of rotatable bonds is 4. The van der Waals surface area contributed by atoms with Crippen molar-refractivity contribution in [3.63, 3.8) is 0 Å². The molecule has 106 valence electrons. The Balaban J connectivity index is 1.76. The molecule has 6 heteroatoms. The normalized spacial score (nSPS) is 10.5. The molecule has 3 aromatic rings. The van der Waals surface area contributed by atoms with E-state index in [-0.39, 0.29) is 0 Å². The molecule has 0 amide bonds. The minimum atomic E-state index is 0.297. The highest BCUT2D eigenvalue weighted by Gasteiger charge is 2.05. The molecule has 0 unspecified atom stereocenters. The van der Waals surface area contributed by atoms with E-state index in [1.54, 1.807) is 11.8 Å². The summed E-state index contributed by atoms with van der Waals surface area (Å²) in [5.41, 5.74) is 7.63. The third kappa shape index (κ3) is 3.35. The SMILES string of the molecule is Cc1cc(Nc2n[nH]c(N)n2)ccc1Sc1ccccc1. The lowest BCUT2D eigenvalue weighted by atomic mass is 10.2. The standard InChI is InChI=1S/C15H15N5S/c1-10-9-11(17-15-18-14(16)19-20-15)7-8-13(10)21-12-5-3-2-4-6-12/h2-9H,1H3,(H4,16,17,18,19,20). The van der Waals surface area contributed by atoms with E-state index in [1.165, 1.54) is 15.4 Å². The smallest absolute Gasteiger partial charge is 0.248 e. The fraction of sp³-hybridized carbons (Fsp3) is 0.0667. The van der Waals surface area contributed by atoms with Crippen LogP contribution in [-0.2, 0) is 0 Å². The van der Waals surface area contributed by atoms with Crippen molar-refractivity contribution < 1.29 is 0 Å². The van der Waals surface area contributed by atoms with Gasteiger partial charge >= 0.3 is 0 Å². The Bertz CT molecular complexity index is 739. The molecule has 0 aliphatic rings. The van der Waals surface area contributed by atoms with Crippen LogP contribution in [0, 0.1) is 6.92 Å². The molecule has 0 spiro atoms. The highest BCUT2D eigenvalue weighted by atomic mass is 32.2. The van der Waals surface area contributed by atoms with Gasteiger partial charge in [-0.05, 0) is 42.8 Å². The first-order valence-electron chi connectivity index (χ1n) is 6.49. The van der Waals surface area contributed by atoms with Crippen molar-refractivity contribution in [2.45, 2.75) is 16.7 Å². The topological polar surface area (TPSA) is 79.6 Å². The number of hydrogen-bond donors (Lipinski definition) is 3. The third-order valence-electron chi connectivity index (χ3n) is 2.90. The molecule has 5 nitrogen and oxygen atoms in total. The number of hydrogen-bond acceptors (Lipinski definition) is 5. The maximum Gasteiger partial charge on any atom is 0.248 e. The molecule has 3 rings (SSSR count). The minimum absolute atomic E-state index is 0.297. The maximum atomic E-state index is 5.50. The fourth-order valence-corrected chi connectivity index (χ4v) is 2.82. The molecule has 0 aliphatic heterocycles. The molecule has 0 saturated heterocycles. The fourth-order valence-electron chi connectivity index (χ4n) is 1.92. The lowest BCUT2D eigenvalue weighted by molar-refractivity contribution is 1.10. The zero-order valence-electron chi connectivity index (χ0n) is 11.5. The Hall–Kier alpha value is -2.47. The molecule has 21 heavy (non-hydrogen) atoms. The molecule has 0 fully saturated rings. The summed E-state index contributed by atoms with van der Waals surface area (Å²) >= 11 is 1.75. The molecular weight excluding hydrogens is 282 g/mol. The van der Waals surface area contributed by atoms with Crippen molar-refractivity contribution in [1.29, 1.82) is 0 Å². The Morgan fingerprint density at radius 1 is 1.14 bits per heavy atom. The first kappa shape index (κ1) is 13.5. The molecule has 0 atom stereocenters. The molecule has 0 aliphatic carbocycles. The summed E-state index contributed by atoms with van der Waals surface area (Å²) in [5.74, 6) is 0.765. The lowest BCUT2D eigenvalue weighted by Crippen LogP contribution is -1.94. The molecule has 0 radical (unpaired) electrons. The largest absolute Gasteiger partial charge is 0.368 e. The summed E-state index contributed by atoms with van der Waals surface area (Å²) in [6, 6.07) is 16.5. The highest BCUT2D eigenvalue weighted by Crippen LogP contribution is 2.31. The van der Waals surface area contributed by atoms with Gasteiger partial charge in [0, 0.05) is 15.5 Å². The van der Waals surface area contributed by atoms with Gasteiger partial charge in [-0.25, -0.2) is 5.10 Å². The molecule has 2 aromatic carbocycles. The van der Waals surface area contributed by atoms with E-state index in [4.69, 9.17) is 5.73 Å². The zero-order chi connectivity index (χ0) is 14.7. The van der Waals surface area contributed by atoms with E-state index in [9.17, 15) is 0 Å². The molecule has 0 bridgehead atoms. The average Bonchev–Trinajstić information content (AvgIpc) is 2.88. The average molecular weight is 297 g/mol. The summed E-state index contributed by atoms with van der Waals surface area (Å²) in [4.78, 5) is 6.47. The van der Waals surface area contributed by atoms with Gasteiger partial charge in [0.2, 0.25) is 11.9 Å². The number of nitrogens with zero attached hydrogens (tertiary/aromatic N) is 2. The Kier molecular flexibility index (Phi) is 3.79. The monoisotopic (exact) mass is 297 g/mol. The van der Waals surface area contributed by atoms with E-state index in [2.05, 4.69) is 51.7 Å². The Morgan fingerprint density at radius 3 is 2.62 bits per heavy atom. The number of aromatic nitrogens is 3. The van der Waals surface area contributed by atoms with Gasteiger partial charge in [-0.1, -0.05) is 30.0 Å². The minimum Gasteiger partial charge on any atom is -0.368 e. The number of anilines is 3. The molecule has 1 heterocycles. The van der Waals surface area contributed by atoms with Crippen molar-refractivity contribution >= 4 is 29.3 Å². The van der Waals surface area contributed by atoms with E-state index >= 15 is 0 Å². The van der Waals surface area contributed by atoms with Crippen LogP contribution < -0.4 is 11.1 Å². The second kappa shape index (κ2) is 5.88. The van der Waals surface area contributed by atoms with E-state index in [0.29, 0.717) is 11.9 Å². The van der Waals surface area contributed by atoms with Crippen LogP contribution in [-0.4, -0.2) is 15.2 Å². The van der Waals surface area contributed by atoms with Crippen molar-refractivity contribution in [3.8, 4) is 0 Å². The van der Waals surface area contributed by atoms with Gasteiger partial charge in [0.15, 0.2) is 0 Å². The van der Waals surface area contributed by atoms with Crippen molar-refractivity contribution in [3.05, 3.63) is 54.1 Å². The second-order valence-electron chi connectivity index (χ2n) is 4.56. The number of benzene rings is 2.